The maximum Gasteiger partial charge on any atom is 0.329 e. The lowest BCUT2D eigenvalue weighted by molar-refractivity contribution is -0.159. The zero-order chi connectivity index (χ0) is 11.4. The van der Waals surface area contributed by atoms with Gasteiger partial charge in [0.1, 0.15) is 11.6 Å². The number of carbonyl (C=O) groups is 2. The topological polar surface area (TPSA) is 55.4 Å². The average Bonchev–Trinajstić information content (AvgIpc) is 1.95. The fourth-order valence-electron chi connectivity index (χ4n) is 0.971. The van der Waals surface area contributed by atoms with Crippen LogP contribution in [-0.4, -0.2) is 24.0 Å². The Hall–Kier alpha value is -1.06. The molecular formula is C10H19NO3. The van der Waals surface area contributed by atoms with E-state index in [4.69, 9.17) is 4.74 Å². The van der Waals surface area contributed by atoms with E-state index in [1.165, 1.54) is 0 Å². The number of nitrogens with one attached hydrogen (secondary N) is 1. The highest BCUT2D eigenvalue weighted by molar-refractivity contribution is 5.78. The molecule has 1 amide bonds. The van der Waals surface area contributed by atoms with E-state index in [0.29, 0.717) is 6.41 Å². The Kier molecular flexibility index (Phi) is 4.60. The first kappa shape index (κ1) is 12.9. The second-order valence-electron chi connectivity index (χ2n) is 4.54. The summed E-state index contributed by atoms with van der Waals surface area (Å²) in [6.45, 7) is 9.09. The zero-order valence-electron chi connectivity index (χ0n) is 9.46. The first-order valence-electron chi connectivity index (χ1n) is 4.70. The van der Waals surface area contributed by atoms with E-state index in [2.05, 4.69) is 5.32 Å². The molecule has 14 heavy (non-hydrogen) atoms. The second-order valence-corrected chi connectivity index (χ2v) is 4.54. The molecule has 0 radical (unpaired) electrons. The predicted octanol–water partition coefficient (Wildman–Crippen LogP) is 1.10. The van der Waals surface area contributed by atoms with E-state index in [1.54, 1.807) is 20.8 Å². The van der Waals surface area contributed by atoms with E-state index in [1.807, 2.05) is 13.8 Å². The molecule has 0 bridgehead atoms. The molecule has 0 rings (SSSR count). The predicted molar refractivity (Wildman–Crippen MR) is 53.7 cm³/mol. The molecule has 0 heterocycles. The maximum absolute atomic E-state index is 11.5. The van der Waals surface area contributed by atoms with Crippen molar-refractivity contribution in [3.05, 3.63) is 0 Å². The van der Waals surface area contributed by atoms with Gasteiger partial charge in [0.2, 0.25) is 6.41 Å². The molecule has 0 unspecified atom stereocenters. The molecular weight excluding hydrogens is 182 g/mol. The van der Waals surface area contributed by atoms with Gasteiger partial charge < -0.3 is 10.1 Å². The third kappa shape index (κ3) is 4.84. The Balaban J connectivity index is 4.37. The number of amides is 1. The molecule has 0 aliphatic rings. The number of hydrogen-bond acceptors (Lipinski definition) is 3. The third-order valence-corrected chi connectivity index (χ3v) is 1.57. The molecule has 1 atom stereocenters. The van der Waals surface area contributed by atoms with Crippen molar-refractivity contribution in [2.75, 3.05) is 0 Å². The van der Waals surface area contributed by atoms with Gasteiger partial charge in [0.05, 0.1) is 0 Å². The van der Waals surface area contributed by atoms with Crippen molar-refractivity contribution in [3.8, 4) is 0 Å². The molecule has 4 heteroatoms. The number of esters is 1. The lowest BCUT2D eigenvalue weighted by atomic mass is 10.0. The quantitative estimate of drug-likeness (QED) is 0.547. The Morgan fingerprint density at radius 3 is 2.14 bits per heavy atom. The molecule has 82 valence electrons. The molecule has 0 saturated carbocycles. The Morgan fingerprint density at radius 1 is 1.36 bits per heavy atom. The van der Waals surface area contributed by atoms with Crippen LogP contribution in [0, 0.1) is 5.92 Å². The van der Waals surface area contributed by atoms with Crippen molar-refractivity contribution in [2.45, 2.75) is 46.3 Å². The van der Waals surface area contributed by atoms with E-state index in [0.717, 1.165) is 0 Å². The minimum atomic E-state index is -0.563. The highest BCUT2D eigenvalue weighted by atomic mass is 16.6. The van der Waals surface area contributed by atoms with Gasteiger partial charge in [0.25, 0.3) is 0 Å². The lowest BCUT2D eigenvalue weighted by Gasteiger charge is -2.25. The van der Waals surface area contributed by atoms with Crippen LogP contribution in [0.1, 0.15) is 34.6 Å². The van der Waals surface area contributed by atoms with Gasteiger partial charge in [0, 0.05) is 0 Å². The number of hydrogen-bond donors (Lipinski definition) is 1. The Morgan fingerprint density at radius 2 is 1.86 bits per heavy atom. The van der Waals surface area contributed by atoms with E-state index < -0.39 is 11.6 Å². The molecule has 0 aliphatic heterocycles. The van der Waals surface area contributed by atoms with Crippen molar-refractivity contribution >= 4 is 12.4 Å². The summed E-state index contributed by atoms with van der Waals surface area (Å²) in [5, 5.41) is 2.45. The van der Waals surface area contributed by atoms with E-state index in [9.17, 15) is 9.59 Å². The van der Waals surface area contributed by atoms with Crippen LogP contribution in [0.4, 0.5) is 0 Å². The minimum absolute atomic E-state index is 0.0232. The lowest BCUT2D eigenvalue weighted by Crippen LogP contribution is -2.44. The van der Waals surface area contributed by atoms with Gasteiger partial charge in [-0.15, -0.1) is 0 Å². The summed E-state index contributed by atoms with van der Waals surface area (Å²) in [5.41, 5.74) is -0.519. The molecule has 0 aromatic rings. The van der Waals surface area contributed by atoms with Crippen LogP contribution in [0.25, 0.3) is 0 Å². The second kappa shape index (κ2) is 4.98. The standard InChI is InChI=1S/C10H19NO3/c1-7(2)8(11-6-12)9(13)14-10(3,4)5/h6-8H,1-5H3,(H,11,12)/t8-/m0/s1. The van der Waals surface area contributed by atoms with Crippen LogP contribution in [0.5, 0.6) is 0 Å². The summed E-state index contributed by atoms with van der Waals surface area (Å²) in [6.07, 6.45) is 0.522. The van der Waals surface area contributed by atoms with Crippen molar-refractivity contribution in [1.29, 1.82) is 0 Å². The van der Waals surface area contributed by atoms with E-state index in [-0.39, 0.29) is 11.9 Å². The smallest absolute Gasteiger partial charge is 0.329 e. The van der Waals surface area contributed by atoms with Crippen LogP contribution in [-0.2, 0) is 14.3 Å². The van der Waals surface area contributed by atoms with Crippen molar-refractivity contribution in [3.63, 3.8) is 0 Å². The third-order valence-electron chi connectivity index (χ3n) is 1.57. The fraction of sp³-hybridized carbons (Fsp3) is 0.800. The maximum atomic E-state index is 11.5. The monoisotopic (exact) mass is 201 g/mol. The largest absolute Gasteiger partial charge is 0.458 e. The number of ether oxygens (including phenoxy) is 1. The zero-order valence-corrected chi connectivity index (χ0v) is 9.46. The Bertz CT molecular complexity index is 206. The Labute approximate surface area is 85.0 Å². The molecule has 0 aromatic heterocycles. The normalized spacial score (nSPS) is 13.6. The fourth-order valence-corrected chi connectivity index (χ4v) is 0.971. The van der Waals surface area contributed by atoms with Crippen LogP contribution < -0.4 is 5.32 Å². The van der Waals surface area contributed by atoms with Gasteiger partial charge in [-0.25, -0.2) is 4.79 Å². The summed E-state index contributed by atoms with van der Waals surface area (Å²) < 4.78 is 5.15. The molecule has 4 nitrogen and oxygen atoms in total. The summed E-state index contributed by atoms with van der Waals surface area (Å²) in [5.74, 6) is -0.366. The van der Waals surface area contributed by atoms with Gasteiger partial charge in [-0.05, 0) is 26.7 Å². The highest BCUT2D eigenvalue weighted by Gasteiger charge is 2.26. The van der Waals surface area contributed by atoms with Crippen LogP contribution in [0.2, 0.25) is 0 Å². The van der Waals surface area contributed by atoms with E-state index >= 15 is 0 Å². The molecule has 0 aliphatic carbocycles. The average molecular weight is 201 g/mol. The molecule has 0 aromatic carbocycles. The van der Waals surface area contributed by atoms with Gasteiger partial charge in [-0.2, -0.15) is 0 Å². The van der Waals surface area contributed by atoms with Crippen molar-refractivity contribution in [1.82, 2.24) is 5.32 Å². The van der Waals surface area contributed by atoms with Crippen molar-refractivity contribution < 1.29 is 14.3 Å². The van der Waals surface area contributed by atoms with Crippen LogP contribution in [0.15, 0.2) is 0 Å². The van der Waals surface area contributed by atoms with Crippen LogP contribution in [0.3, 0.4) is 0 Å². The molecule has 0 spiro atoms. The minimum Gasteiger partial charge on any atom is -0.458 e. The van der Waals surface area contributed by atoms with Gasteiger partial charge in [0.15, 0.2) is 0 Å². The molecule has 1 N–H and O–H groups in total. The highest BCUT2D eigenvalue weighted by Crippen LogP contribution is 2.11. The summed E-state index contributed by atoms with van der Waals surface area (Å²) in [4.78, 5) is 21.8. The van der Waals surface area contributed by atoms with Gasteiger partial charge >= 0.3 is 5.97 Å². The van der Waals surface area contributed by atoms with Gasteiger partial charge in [-0.1, -0.05) is 13.8 Å². The molecule has 0 saturated heterocycles. The number of carbonyl (C=O) groups excluding carboxylic acids is 2. The molecule has 0 fully saturated rings. The first-order valence-corrected chi connectivity index (χ1v) is 4.70. The van der Waals surface area contributed by atoms with Crippen LogP contribution >= 0.6 is 0 Å². The summed E-state index contributed by atoms with van der Waals surface area (Å²) in [7, 11) is 0. The summed E-state index contributed by atoms with van der Waals surface area (Å²) in [6, 6.07) is -0.563. The van der Waals surface area contributed by atoms with Gasteiger partial charge in [-0.3, -0.25) is 4.79 Å². The first-order chi connectivity index (χ1) is 6.28. The summed E-state index contributed by atoms with van der Waals surface area (Å²) >= 11 is 0. The van der Waals surface area contributed by atoms with Crippen molar-refractivity contribution in [2.24, 2.45) is 5.92 Å². The SMILES string of the molecule is CC(C)[C@H](NC=O)C(=O)OC(C)(C)C. The number of rotatable bonds is 4.